The Balaban J connectivity index is 1.87. The van der Waals surface area contributed by atoms with Gasteiger partial charge >= 0.3 is 0 Å². The maximum atomic E-state index is 12.6. The number of carbonyl (C=O) groups excluding carboxylic acids is 1. The number of methoxy groups -OCH3 is 2. The first-order chi connectivity index (χ1) is 12.5. The Kier molecular flexibility index (Phi) is 4.83. The Morgan fingerprint density at radius 1 is 1.12 bits per heavy atom. The van der Waals surface area contributed by atoms with Crippen molar-refractivity contribution in [2.24, 2.45) is 0 Å². The normalized spacial score (nSPS) is 11.8. The van der Waals surface area contributed by atoms with E-state index in [1.165, 1.54) is 14.2 Å². The van der Waals surface area contributed by atoms with Crippen LogP contribution in [0.25, 0.3) is 10.9 Å². The number of anilines is 1. The van der Waals surface area contributed by atoms with E-state index in [4.69, 9.17) is 9.47 Å². The van der Waals surface area contributed by atoms with E-state index in [-0.39, 0.29) is 5.56 Å². The lowest BCUT2D eigenvalue weighted by molar-refractivity contribution is -0.119. The van der Waals surface area contributed by atoms with Crippen molar-refractivity contribution >= 4 is 22.5 Å². The molecule has 0 bridgehead atoms. The van der Waals surface area contributed by atoms with Gasteiger partial charge in [0.25, 0.3) is 5.56 Å². The molecule has 1 N–H and O–H groups in total. The van der Waals surface area contributed by atoms with Crippen molar-refractivity contribution in [1.82, 2.24) is 15.0 Å². The fraction of sp³-hybridized carbons (Fsp3) is 0.222. The molecule has 134 valence electrons. The summed E-state index contributed by atoms with van der Waals surface area (Å²) in [7, 11) is 3.04. The molecule has 0 aliphatic rings. The molecule has 1 heterocycles. The lowest BCUT2D eigenvalue weighted by atomic mass is 10.2. The van der Waals surface area contributed by atoms with Gasteiger partial charge in [-0.25, -0.2) is 0 Å². The Morgan fingerprint density at radius 2 is 1.85 bits per heavy atom. The van der Waals surface area contributed by atoms with Crippen molar-refractivity contribution in [1.29, 1.82) is 0 Å². The third kappa shape index (κ3) is 3.21. The van der Waals surface area contributed by atoms with E-state index in [0.29, 0.717) is 28.1 Å². The summed E-state index contributed by atoms with van der Waals surface area (Å²) in [6.45, 7) is 1.58. The minimum atomic E-state index is -0.840. The van der Waals surface area contributed by atoms with Crippen LogP contribution < -0.4 is 20.3 Å². The highest BCUT2D eigenvalue weighted by atomic mass is 16.5. The Bertz CT molecular complexity index is 1020. The fourth-order valence-electron chi connectivity index (χ4n) is 2.53. The van der Waals surface area contributed by atoms with Crippen molar-refractivity contribution < 1.29 is 14.3 Å². The van der Waals surface area contributed by atoms with Crippen molar-refractivity contribution in [3.05, 3.63) is 52.8 Å². The first-order valence-electron chi connectivity index (χ1n) is 7.92. The van der Waals surface area contributed by atoms with E-state index in [1.54, 1.807) is 49.4 Å². The average Bonchev–Trinajstić information content (AvgIpc) is 2.67. The molecule has 8 heteroatoms. The van der Waals surface area contributed by atoms with E-state index < -0.39 is 11.9 Å². The molecule has 8 nitrogen and oxygen atoms in total. The second kappa shape index (κ2) is 7.22. The van der Waals surface area contributed by atoms with Crippen LogP contribution in [0, 0.1) is 0 Å². The van der Waals surface area contributed by atoms with Gasteiger partial charge in [-0.2, -0.15) is 4.68 Å². The molecule has 0 spiro atoms. The van der Waals surface area contributed by atoms with E-state index in [9.17, 15) is 9.59 Å². The van der Waals surface area contributed by atoms with Crippen LogP contribution in [0.4, 0.5) is 5.69 Å². The van der Waals surface area contributed by atoms with Gasteiger partial charge < -0.3 is 14.8 Å². The number of carbonyl (C=O) groups is 1. The van der Waals surface area contributed by atoms with E-state index in [1.807, 2.05) is 0 Å². The topological polar surface area (TPSA) is 95.3 Å². The Hall–Kier alpha value is -3.42. The second-order valence-corrected chi connectivity index (χ2v) is 5.59. The molecular weight excluding hydrogens is 336 g/mol. The number of benzene rings is 2. The number of hydrogen-bond acceptors (Lipinski definition) is 6. The predicted molar refractivity (Wildman–Crippen MR) is 96.7 cm³/mol. The first kappa shape index (κ1) is 17.4. The molecule has 0 fully saturated rings. The summed E-state index contributed by atoms with van der Waals surface area (Å²) in [5, 5.41) is 11.0. The second-order valence-electron chi connectivity index (χ2n) is 5.59. The quantitative estimate of drug-likeness (QED) is 0.753. The number of nitrogens with one attached hydrogen (secondary N) is 1. The maximum Gasteiger partial charge on any atom is 0.278 e. The van der Waals surface area contributed by atoms with Crippen LogP contribution in [0.2, 0.25) is 0 Å². The van der Waals surface area contributed by atoms with Crippen LogP contribution in [-0.4, -0.2) is 35.1 Å². The highest BCUT2D eigenvalue weighted by molar-refractivity contribution is 5.93. The zero-order valence-electron chi connectivity index (χ0n) is 14.6. The largest absolute Gasteiger partial charge is 0.493 e. The molecular formula is C18H18N4O4. The number of ether oxygens (including phenoxy) is 2. The van der Waals surface area contributed by atoms with Gasteiger partial charge in [0, 0.05) is 11.8 Å². The summed E-state index contributed by atoms with van der Waals surface area (Å²) in [6.07, 6.45) is 0. The third-order valence-corrected chi connectivity index (χ3v) is 3.99. The molecule has 2 aromatic carbocycles. The fourth-order valence-corrected chi connectivity index (χ4v) is 2.53. The third-order valence-electron chi connectivity index (χ3n) is 3.99. The van der Waals surface area contributed by atoms with Crippen LogP contribution in [0.15, 0.2) is 47.3 Å². The highest BCUT2D eigenvalue weighted by Crippen LogP contribution is 2.29. The first-order valence-corrected chi connectivity index (χ1v) is 7.92. The van der Waals surface area contributed by atoms with E-state index in [0.717, 1.165) is 4.68 Å². The minimum Gasteiger partial charge on any atom is -0.493 e. The molecule has 0 saturated carbocycles. The van der Waals surface area contributed by atoms with E-state index in [2.05, 4.69) is 15.6 Å². The van der Waals surface area contributed by atoms with Crippen LogP contribution in [0.3, 0.4) is 0 Å². The van der Waals surface area contributed by atoms with Crippen molar-refractivity contribution in [3.63, 3.8) is 0 Å². The smallest absolute Gasteiger partial charge is 0.278 e. The maximum absolute atomic E-state index is 12.6. The molecule has 0 saturated heterocycles. The van der Waals surface area contributed by atoms with Gasteiger partial charge in [-0.1, -0.05) is 17.3 Å². The molecule has 0 unspecified atom stereocenters. The molecule has 1 amide bonds. The zero-order valence-corrected chi connectivity index (χ0v) is 14.6. The predicted octanol–water partition coefficient (Wildman–Crippen LogP) is 2.01. The van der Waals surface area contributed by atoms with E-state index >= 15 is 0 Å². The molecule has 0 aliphatic carbocycles. The number of fused-ring (bicyclic) bond motifs is 1. The summed E-state index contributed by atoms with van der Waals surface area (Å²) in [6, 6.07) is 11.0. The molecule has 3 rings (SSSR count). The van der Waals surface area contributed by atoms with Gasteiger partial charge in [0.05, 0.1) is 19.6 Å². The average molecular weight is 354 g/mol. The summed E-state index contributed by atoms with van der Waals surface area (Å²) in [4.78, 5) is 25.1. The summed E-state index contributed by atoms with van der Waals surface area (Å²) >= 11 is 0. The van der Waals surface area contributed by atoms with Crippen molar-refractivity contribution in [3.8, 4) is 11.5 Å². The summed E-state index contributed by atoms with van der Waals surface area (Å²) in [5.41, 5.74) is 0.633. The molecule has 3 aromatic rings. The van der Waals surface area contributed by atoms with Crippen molar-refractivity contribution in [2.75, 3.05) is 19.5 Å². The molecule has 0 radical (unpaired) electrons. The number of aromatic nitrogens is 3. The van der Waals surface area contributed by atoms with Crippen LogP contribution >= 0.6 is 0 Å². The van der Waals surface area contributed by atoms with Gasteiger partial charge in [0.1, 0.15) is 11.6 Å². The summed E-state index contributed by atoms with van der Waals surface area (Å²) in [5.74, 6) is 0.639. The number of hydrogen-bond donors (Lipinski definition) is 1. The van der Waals surface area contributed by atoms with Gasteiger partial charge in [-0.15, -0.1) is 5.10 Å². The SMILES string of the molecule is COc1ccc(NC(=O)[C@H](C)n2nnc3ccccc3c2=O)cc1OC. The summed E-state index contributed by atoms with van der Waals surface area (Å²) < 4.78 is 11.5. The van der Waals surface area contributed by atoms with Crippen molar-refractivity contribution in [2.45, 2.75) is 13.0 Å². The Morgan fingerprint density at radius 3 is 2.58 bits per heavy atom. The van der Waals surface area contributed by atoms with Gasteiger partial charge in [-0.3, -0.25) is 9.59 Å². The number of rotatable bonds is 5. The van der Waals surface area contributed by atoms with Gasteiger partial charge in [0.2, 0.25) is 5.91 Å². The molecule has 0 aliphatic heterocycles. The monoisotopic (exact) mass is 354 g/mol. The zero-order chi connectivity index (χ0) is 18.7. The lowest BCUT2D eigenvalue weighted by Gasteiger charge is -2.15. The van der Waals surface area contributed by atoms with Crippen LogP contribution in [0.1, 0.15) is 13.0 Å². The highest BCUT2D eigenvalue weighted by Gasteiger charge is 2.19. The van der Waals surface area contributed by atoms with Crippen LogP contribution in [-0.2, 0) is 4.79 Å². The lowest BCUT2D eigenvalue weighted by Crippen LogP contribution is -2.34. The number of amides is 1. The molecule has 1 aromatic heterocycles. The van der Waals surface area contributed by atoms with Gasteiger partial charge in [-0.05, 0) is 31.2 Å². The Labute approximate surface area is 149 Å². The standard InChI is InChI=1S/C18H18N4O4/c1-11(22-18(24)13-6-4-5-7-14(13)20-21-22)17(23)19-12-8-9-15(25-2)16(10-12)26-3/h4-11H,1-3H3,(H,19,23)/t11-/m0/s1. The van der Waals surface area contributed by atoms with Crippen LogP contribution in [0.5, 0.6) is 11.5 Å². The molecule has 1 atom stereocenters. The minimum absolute atomic E-state index is 0.370. The molecule has 26 heavy (non-hydrogen) atoms. The van der Waals surface area contributed by atoms with Gasteiger partial charge in [0.15, 0.2) is 11.5 Å². The number of nitrogens with zero attached hydrogens (tertiary/aromatic N) is 3.